The first-order chi connectivity index (χ1) is 15.5. The van der Waals surface area contributed by atoms with E-state index >= 15 is 0 Å². The van der Waals surface area contributed by atoms with Gasteiger partial charge in [-0.2, -0.15) is 9.57 Å². The van der Waals surface area contributed by atoms with E-state index < -0.39 is 10.0 Å². The Hall–Kier alpha value is -3.15. The fourth-order valence-electron chi connectivity index (χ4n) is 4.83. The predicted molar refractivity (Wildman–Crippen MR) is 121 cm³/mol. The number of aromatic nitrogens is 1. The Balaban J connectivity index is 1.37. The van der Waals surface area contributed by atoms with Gasteiger partial charge in [0.05, 0.1) is 21.5 Å². The fourth-order valence-corrected chi connectivity index (χ4v) is 6.40. The Morgan fingerprint density at radius 2 is 1.72 bits per heavy atom. The number of fused-ring (bicyclic) bond motifs is 3. The van der Waals surface area contributed by atoms with Crippen molar-refractivity contribution in [3.63, 3.8) is 0 Å². The Kier molecular flexibility index (Phi) is 5.24. The summed E-state index contributed by atoms with van der Waals surface area (Å²) in [7, 11) is -3.79. The molecule has 0 radical (unpaired) electrons. The number of nitriles is 1. The normalized spacial score (nSPS) is 17.2. The molecule has 1 aliphatic carbocycles. The molecular weight excluding hydrogens is 424 g/mol. The van der Waals surface area contributed by atoms with Gasteiger partial charge in [-0.1, -0.05) is 24.3 Å². The third-order valence-corrected chi connectivity index (χ3v) is 8.47. The SMILES string of the molecule is N#Cc1ccccc1S(=O)(=O)N1CCN(C(=O)c2cccc3c4c([nH]c23)CCCC4)CC1. The molecule has 0 unspecified atom stereocenters. The van der Waals surface area contributed by atoms with Crippen molar-refractivity contribution in [2.45, 2.75) is 30.6 Å². The first-order valence-corrected chi connectivity index (χ1v) is 12.4. The van der Waals surface area contributed by atoms with Gasteiger partial charge < -0.3 is 9.88 Å². The van der Waals surface area contributed by atoms with Crippen LogP contribution in [-0.4, -0.2) is 54.7 Å². The van der Waals surface area contributed by atoms with Crippen LogP contribution in [0.15, 0.2) is 47.4 Å². The minimum Gasteiger partial charge on any atom is -0.358 e. The van der Waals surface area contributed by atoms with Gasteiger partial charge in [0.2, 0.25) is 10.0 Å². The molecule has 1 saturated heterocycles. The molecule has 0 atom stereocenters. The maximum Gasteiger partial charge on any atom is 0.256 e. The van der Waals surface area contributed by atoms with Crippen LogP contribution in [0, 0.1) is 11.3 Å². The predicted octanol–water partition coefficient (Wildman–Crippen LogP) is 3.07. The van der Waals surface area contributed by atoms with Crippen molar-refractivity contribution in [3.05, 3.63) is 64.8 Å². The third kappa shape index (κ3) is 3.38. The average Bonchev–Trinajstić information content (AvgIpc) is 3.22. The fraction of sp³-hybridized carbons (Fsp3) is 0.333. The summed E-state index contributed by atoms with van der Waals surface area (Å²) >= 11 is 0. The first kappa shape index (κ1) is 20.7. The van der Waals surface area contributed by atoms with Gasteiger partial charge in [-0.15, -0.1) is 0 Å². The topological polar surface area (TPSA) is 97.3 Å². The van der Waals surface area contributed by atoms with Gasteiger partial charge in [0, 0.05) is 37.3 Å². The maximum absolute atomic E-state index is 13.3. The summed E-state index contributed by atoms with van der Waals surface area (Å²) in [6.07, 6.45) is 4.38. The minimum absolute atomic E-state index is 0.0176. The highest BCUT2D eigenvalue weighted by atomic mass is 32.2. The summed E-state index contributed by atoms with van der Waals surface area (Å²) in [6.45, 7) is 1.02. The smallest absolute Gasteiger partial charge is 0.256 e. The van der Waals surface area contributed by atoms with Crippen molar-refractivity contribution >= 4 is 26.8 Å². The van der Waals surface area contributed by atoms with Gasteiger partial charge in [-0.25, -0.2) is 8.42 Å². The number of nitrogens with zero attached hydrogens (tertiary/aromatic N) is 3. The summed E-state index contributed by atoms with van der Waals surface area (Å²) in [4.78, 5) is 18.6. The maximum atomic E-state index is 13.3. The van der Waals surface area contributed by atoms with Crippen molar-refractivity contribution < 1.29 is 13.2 Å². The highest BCUT2D eigenvalue weighted by molar-refractivity contribution is 7.89. The molecule has 8 heteroatoms. The minimum atomic E-state index is -3.79. The number of nitrogens with one attached hydrogen (secondary N) is 1. The van der Waals surface area contributed by atoms with E-state index in [2.05, 4.69) is 11.1 Å². The van der Waals surface area contributed by atoms with Crippen LogP contribution in [-0.2, 0) is 22.9 Å². The lowest BCUT2D eigenvalue weighted by Crippen LogP contribution is -2.50. The summed E-state index contributed by atoms with van der Waals surface area (Å²) in [5.74, 6) is -0.0799. The molecule has 5 rings (SSSR count). The van der Waals surface area contributed by atoms with Crippen LogP contribution in [0.4, 0.5) is 0 Å². The van der Waals surface area contributed by atoms with Crippen LogP contribution >= 0.6 is 0 Å². The molecule has 0 saturated carbocycles. The van der Waals surface area contributed by atoms with E-state index in [0.29, 0.717) is 18.7 Å². The van der Waals surface area contributed by atoms with E-state index in [4.69, 9.17) is 0 Å². The lowest BCUT2D eigenvalue weighted by Gasteiger charge is -2.34. The van der Waals surface area contributed by atoms with E-state index in [0.717, 1.165) is 30.2 Å². The molecule has 2 heterocycles. The van der Waals surface area contributed by atoms with Crippen molar-refractivity contribution in [2.75, 3.05) is 26.2 Å². The number of carbonyl (C=O) groups excluding carboxylic acids is 1. The number of hydrogen-bond acceptors (Lipinski definition) is 4. The van der Waals surface area contributed by atoms with Crippen LogP contribution in [0.5, 0.6) is 0 Å². The quantitative estimate of drug-likeness (QED) is 0.666. The number of H-pyrrole nitrogens is 1. The van der Waals surface area contributed by atoms with Crippen molar-refractivity contribution in [2.24, 2.45) is 0 Å². The Labute approximate surface area is 187 Å². The van der Waals surface area contributed by atoms with Gasteiger partial charge in [0.15, 0.2) is 0 Å². The molecular formula is C24H24N4O3S. The zero-order chi connectivity index (χ0) is 22.3. The second-order valence-corrected chi connectivity index (χ2v) is 10.2. The lowest BCUT2D eigenvalue weighted by molar-refractivity contribution is 0.0699. The Morgan fingerprint density at radius 1 is 0.969 bits per heavy atom. The molecule has 164 valence electrons. The number of hydrogen-bond donors (Lipinski definition) is 1. The molecule has 32 heavy (non-hydrogen) atoms. The van der Waals surface area contributed by atoms with Crippen LogP contribution in [0.3, 0.4) is 0 Å². The van der Waals surface area contributed by atoms with Crippen molar-refractivity contribution in [1.82, 2.24) is 14.2 Å². The number of sulfonamides is 1. The molecule has 1 N–H and O–H groups in total. The Bertz CT molecular complexity index is 1350. The van der Waals surface area contributed by atoms with Gasteiger partial charge in [-0.3, -0.25) is 4.79 Å². The van der Waals surface area contributed by atoms with Gasteiger partial charge >= 0.3 is 0 Å². The number of rotatable bonds is 3. The third-order valence-electron chi connectivity index (χ3n) is 6.51. The second-order valence-electron chi connectivity index (χ2n) is 8.32. The molecule has 3 aromatic rings. The molecule has 2 aromatic carbocycles. The molecule has 1 aliphatic heterocycles. The monoisotopic (exact) mass is 448 g/mol. The highest BCUT2D eigenvalue weighted by Gasteiger charge is 2.32. The van der Waals surface area contributed by atoms with Gasteiger partial charge in [-0.05, 0) is 49.4 Å². The van der Waals surface area contributed by atoms with Crippen LogP contribution in [0.25, 0.3) is 10.9 Å². The number of para-hydroxylation sites is 1. The van der Waals surface area contributed by atoms with Gasteiger partial charge in [0.25, 0.3) is 5.91 Å². The number of aryl methyl sites for hydroxylation is 2. The summed E-state index contributed by atoms with van der Waals surface area (Å²) in [5, 5.41) is 10.4. The number of piperazine rings is 1. The molecule has 1 fully saturated rings. The number of carbonyl (C=O) groups is 1. The van der Waals surface area contributed by atoms with Crippen molar-refractivity contribution in [3.8, 4) is 6.07 Å². The van der Waals surface area contributed by atoms with E-state index in [-0.39, 0.29) is 29.5 Å². The lowest BCUT2D eigenvalue weighted by atomic mass is 9.95. The average molecular weight is 449 g/mol. The number of aromatic amines is 1. The standard InChI is InChI=1S/C24H24N4O3S/c25-16-17-6-1-4-11-22(17)32(30,31)28-14-12-27(13-15-28)24(29)20-9-5-8-19-18-7-2-3-10-21(18)26-23(19)20/h1,4-6,8-9,11,26H,2-3,7,10,12-15H2. The van der Waals surface area contributed by atoms with Gasteiger partial charge in [0.1, 0.15) is 6.07 Å². The molecule has 0 bridgehead atoms. The Morgan fingerprint density at radius 3 is 2.50 bits per heavy atom. The van der Waals surface area contributed by atoms with Crippen LogP contribution in [0.1, 0.15) is 40.0 Å². The van der Waals surface area contributed by atoms with E-state index in [1.54, 1.807) is 17.0 Å². The zero-order valence-corrected chi connectivity index (χ0v) is 18.5. The van der Waals surface area contributed by atoms with E-state index in [9.17, 15) is 18.5 Å². The zero-order valence-electron chi connectivity index (χ0n) is 17.7. The first-order valence-electron chi connectivity index (χ1n) is 10.9. The van der Waals surface area contributed by atoms with Crippen LogP contribution < -0.4 is 0 Å². The molecule has 1 amide bonds. The summed E-state index contributed by atoms with van der Waals surface area (Å²) in [6, 6.07) is 14.0. The number of benzene rings is 2. The second kappa shape index (κ2) is 8.08. The highest BCUT2D eigenvalue weighted by Crippen LogP contribution is 2.31. The van der Waals surface area contributed by atoms with Crippen molar-refractivity contribution in [1.29, 1.82) is 5.26 Å². The summed E-state index contributed by atoms with van der Waals surface area (Å²) < 4.78 is 27.5. The molecule has 7 nitrogen and oxygen atoms in total. The molecule has 0 spiro atoms. The van der Waals surface area contributed by atoms with E-state index in [1.165, 1.54) is 34.1 Å². The largest absolute Gasteiger partial charge is 0.358 e. The molecule has 2 aliphatic rings. The summed E-state index contributed by atoms with van der Waals surface area (Å²) in [5.41, 5.74) is 4.23. The van der Waals surface area contributed by atoms with E-state index in [1.807, 2.05) is 18.2 Å². The number of amides is 1. The van der Waals surface area contributed by atoms with Crippen LogP contribution in [0.2, 0.25) is 0 Å². The molecule has 1 aromatic heterocycles.